The van der Waals surface area contributed by atoms with Crippen LogP contribution in [0.25, 0.3) is 16.0 Å². The van der Waals surface area contributed by atoms with Crippen LogP contribution in [0.5, 0.6) is 0 Å². The molecule has 0 bridgehead atoms. The molecule has 0 saturated carbocycles. The fourth-order valence-corrected chi connectivity index (χ4v) is 4.42. The Balaban J connectivity index is 1.72. The first-order chi connectivity index (χ1) is 13.2. The predicted molar refractivity (Wildman–Crippen MR) is 110 cm³/mol. The fourth-order valence-electron chi connectivity index (χ4n) is 3.23. The van der Waals surface area contributed by atoms with E-state index in [1.807, 2.05) is 33.8 Å². The summed E-state index contributed by atoms with van der Waals surface area (Å²) in [6.07, 6.45) is 1.30. The number of hydrogen-bond acceptors (Lipinski definition) is 5. The smallest absolute Gasteiger partial charge is 0.410 e. The maximum Gasteiger partial charge on any atom is 0.410 e. The van der Waals surface area contributed by atoms with Gasteiger partial charge in [0.05, 0.1) is 16.3 Å². The number of hydrogen-bond donors (Lipinski definition) is 0. The van der Waals surface area contributed by atoms with Crippen LogP contribution in [0, 0.1) is 5.82 Å². The minimum Gasteiger partial charge on any atom is -0.494 e. The van der Waals surface area contributed by atoms with Crippen LogP contribution in [-0.4, -0.2) is 41.3 Å². The third-order valence-corrected chi connectivity index (χ3v) is 5.77. The van der Waals surface area contributed by atoms with Gasteiger partial charge in [-0.3, -0.25) is 0 Å². The molecule has 0 unspecified atom stereocenters. The van der Waals surface area contributed by atoms with E-state index in [4.69, 9.17) is 9.47 Å². The number of benzene rings is 1. The first kappa shape index (κ1) is 20.6. The van der Waals surface area contributed by atoms with E-state index in [1.54, 1.807) is 4.90 Å². The lowest BCUT2D eigenvalue weighted by Gasteiger charge is -2.32. The summed E-state index contributed by atoms with van der Waals surface area (Å²) < 4.78 is 26.2. The zero-order valence-corrected chi connectivity index (χ0v) is 17.7. The van der Waals surface area contributed by atoms with Gasteiger partial charge in [-0.1, -0.05) is 6.58 Å². The van der Waals surface area contributed by atoms with Gasteiger partial charge in [-0.2, -0.15) is 0 Å². The van der Waals surface area contributed by atoms with Crippen LogP contribution in [0.2, 0.25) is 0 Å². The van der Waals surface area contributed by atoms with Crippen molar-refractivity contribution in [2.75, 3.05) is 19.7 Å². The van der Waals surface area contributed by atoms with E-state index in [-0.39, 0.29) is 17.8 Å². The van der Waals surface area contributed by atoms with Gasteiger partial charge in [0.25, 0.3) is 0 Å². The standard InChI is InChI=1S/C21H27FN2O3S/c1-6-26-13(2)15-11-16(22)18-17(12-15)28-19(23-18)14-7-9-24(10-8-14)20(25)27-21(3,4)5/h11-12,14H,2,6-10H2,1,3-5H3. The van der Waals surface area contributed by atoms with Crippen molar-refractivity contribution in [3.05, 3.63) is 35.1 Å². The van der Waals surface area contributed by atoms with Crippen molar-refractivity contribution < 1.29 is 18.7 Å². The maximum absolute atomic E-state index is 14.5. The van der Waals surface area contributed by atoms with Crippen molar-refractivity contribution in [3.8, 4) is 0 Å². The monoisotopic (exact) mass is 406 g/mol. The fraction of sp³-hybridized carbons (Fsp3) is 0.524. The van der Waals surface area contributed by atoms with Crippen molar-refractivity contribution >= 4 is 33.4 Å². The molecule has 1 aliphatic rings. The molecule has 0 radical (unpaired) electrons. The molecule has 1 aromatic carbocycles. The number of carbonyl (C=O) groups is 1. The number of halogens is 1. The van der Waals surface area contributed by atoms with E-state index >= 15 is 0 Å². The van der Waals surface area contributed by atoms with E-state index in [1.165, 1.54) is 17.4 Å². The molecule has 1 fully saturated rings. The Morgan fingerprint density at radius 3 is 2.64 bits per heavy atom. The first-order valence-electron chi connectivity index (χ1n) is 9.58. The number of aromatic nitrogens is 1. The molecule has 2 aromatic rings. The van der Waals surface area contributed by atoms with Crippen molar-refractivity contribution in [2.24, 2.45) is 0 Å². The molecule has 0 aliphatic carbocycles. The van der Waals surface area contributed by atoms with Gasteiger partial charge in [0.1, 0.15) is 16.9 Å². The van der Waals surface area contributed by atoms with Crippen molar-refractivity contribution in [1.29, 1.82) is 0 Å². The minimum atomic E-state index is -0.498. The number of nitrogens with zero attached hydrogens (tertiary/aromatic N) is 2. The van der Waals surface area contributed by atoms with Gasteiger partial charge in [0, 0.05) is 24.6 Å². The van der Waals surface area contributed by atoms with Gasteiger partial charge in [0.15, 0.2) is 5.82 Å². The van der Waals surface area contributed by atoms with Crippen molar-refractivity contribution in [2.45, 2.75) is 52.1 Å². The third-order valence-electron chi connectivity index (χ3n) is 4.60. The number of piperidine rings is 1. The highest BCUT2D eigenvalue weighted by atomic mass is 32.1. The Morgan fingerprint density at radius 1 is 1.36 bits per heavy atom. The van der Waals surface area contributed by atoms with Gasteiger partial charge >= 0.3 is 6.09 Å². The van der Waals surface area contributed by atoms with Crippen LogP contribution >= 0.6 is 11.3 Å². The summed E-state index contributed by atoms with van der Waals surface area (Å²) in [4.78, 5) is 18.5. The van der Waals surface area contributed by atoms with E-state index < -0.39 is 5.60 Å². The van der Waals surface area contributed by atoms with Gasteiger partial charge in [-0.15, -0.1) is 11.3 Å². The summed E-state index contributed by atoms with van der Waals surface area (Å²) in [5.41, 5.74) is 0.534. The van der Waals surface area contributed by atoms with E-state index in [2.05, 4.69) is 11.6 Å². The van der Waals surface area contributed by atoms with Crippen molar-refractivity contribution in [3.63, 3.8) is 0 Å². The second kappa shape index (κ2) is 8.07. The Bertz CT molecular complexity index is 880. The predicted octanol–water partition coefficient (Wildman–Crippen LogP) is 5.56. The highest BCUT2D eigenvalue weighted by molar-refractivity contribution is 7.18. The SMILES string of the molecule is C=C(OCC)c1cc(F)c2nc(C3CCN(C(=O)OC(C)(C)C)CC3)sc2c1. The van der Waals surface area contributed by atoms with Crippen LogP contribution < -0.4 is 0 Å². The molecule has 1 aliphatic heterocycles. The van der Waals surface area contributed by atoms with Crippen LogP contribution in [-0.2, 0) is 9.47 Å². The normalized spacial score (nSPS) is 15.7. The van der Waals surface area contributed by atoms with Crippen LogP contribution in [0.4, 0.5) is 9.18 Å². The Labute approximate surface area is 169 Å². The average molecular weight is 407 g/mol. The summed E-state index contributed by atoms with van der Waals surface area (Å²) in [6, 6.07) is 3.31. The molecule has 5 nitrogen and oxygen atoms in total. The zero-order chi connectivity index (χ0) is 20.5. The average Bonchev–Trinajstić information content (AvgIpc) is 3.05. The lowest BCUT2D eigenvalue weighted by atomic mass is 9.98. The van der Waals surface area contributed by atoms with Gasteiger partial charge in [-0.05, 0) is 52.7 Å². The number of amides is 1. The highest BCUT2D eigenvalue weighted by Gasteiger charge is 2.29. The molecule has 0 N–H and O–H groups in total. The molecule has 1 saturated heterocycles. The molecule has 2 heterocycles. The Kier molecular flexibility index (Phi) is 5.93. The Hall–Kier alpha value is -2.15. The maximum atomic E-state index is 14.5. The number of fused-ring (bicyclic) bond motifs is 1. The third kappa shape index (κ3) is 4.63. The number of carbonyl (C=O) groups excluding carboxylic acids is 1. The number of rotatable bonds is 4. The van der Waals surface area contributed by atoms with E-state index in [9.17, 15) is 9.18 Å². The molecule has 1 aromatic heterocycles. The summed E-state index contributed by atoms with van der Waals surface area (Å²) in [6.45, 7) is 13.0. The highest BCUT2D eigenvalue weighted by Crippen LogP contribution is 2.36. The summed E-state index contributed by atoms with van der Waals surface area (Å²) in [7, 11) is 0. The Morgan fingerprint density at radius 2 is 2.04 bits per heavy atom. The van der Waals surface area contributed by atoms with Crippen LogP contribution in [0.1, 0.15) is 57.0 Å². The van der Waals surface area contributed by atoms with Crippen LogP contribution in [0.15, 0.2) is 18.7 Å². The van der Waals surface area contributed by atoms with E-state index in [0.29, 0.717) is 36.5 Å². The summed E-state index contributed by atoms with van der Waals surface area (Å²) >= 11 is 1.50. The molecular weight excluding hydrogens is 379 g/mol. The van der Waals surface area contributed by atoms with Gasteiger partial charge in [-0.25, -0.2) is 14.2 Å². The zero-order valence-electron chi connectivity index (χ0n) is 16.9. The molecule has 1 amide bonds. The second-order valence-electron chi connectivity index (χ2n) is 7.95. The molecule has 3 rings (SSSR count). The molecule has 0 spiro atoms. The molecule has 7 heteroatoms. The largest absolute Gasteiger partial charge is 0.494 e. The number of thiazole rings is 1. The van der Waals surface area contributed by atoms with E-state index in [0.717, 1.165) is 22.5 Å². The summed E-state index contributed by atoms with van der Waals surface area (Å²) in [5.74, 6) is 0.319. The molecule has 152 valence electrons. The van der Waals surface area contributed by atoms with Crippen molar-refractivity contribution in [1.82, 2.24) is 9.88 Å². The first-order valence-corrected chi connectivity index (χ1v) is 10.4. The van der Waals surface area contributed by atoms with Crippen LogP contribution in [0.3, 0.4) is 0 Å². The molecule has 0 atom stereocenters. The topological polar surface area (TPSA) is 51.7 Å². The quantitative estimate of drug-likeness (QED) is 0.624. The van der Waals surface area contributed by atoms with Gasteiger partial charge in [0.2, 0.25) is 0 Å². The lowest BCUT2D eigenvalue weighted by Crippen LogP contribution is -2.41. The molecular formula is C21H27FN2O3S. The lowest BCUT2D eigenvalue weighted by molar-refractivity contribution is 0.0205. The second-order valence-corrected chi connectivity index (χ2v) is 9.02. The minimum absolute atomic E-state index is 0.217. The number of likely N-dealkylation sites (tertiary alicyclic amines) is 1. The molecule has 28 heavy (non-hydrogen) atoms. The summed E-state index contributed by atoms with van der Waals surface area (Å²) in [5, 5.41) is 0.914. The van der Waals surface area contributed by atoms with Gasteiger partial charge < -0.3 is 14.4 Å². The number of ether oxygens (including phenoxy) is 2.